The molecule has 0 bridgehead atoms. The Morgan fingerprint density at radius 3 is 2.35 bits per heavy atom. The second-order valence-electron chi connectivity index (χ2n) is 6.22. The maximum Gasteiger partial charge on any atom is 0.230 e. The molecule has 0 unspecified atom stereocenters. The predicted molar refractivity (Wildman–Crippen MR) is 106 cm³/mol. The zero-order valence-corrected chi connectivity index (χ0v) is 15.3. The van der Waals surface area contributed by atoms with Crippen LogP contribution < -0.4 is 4.74 Å². The van der Waals surface area contributed by atoms with Crippen LogP contribution >= 0.6 is 11.6 Å². The van der Waals surface area contributed by atoms with E-state index in [1.807, 2.05) is 66.7 Å². The highest BCUT2D eigenvalue weighted by atomic mass is 35.5. The number of ether oxygens (including phenoxy) is 1. The van der Waals surface area contributed by atoms with Crippen LogP contribution in [0.3, 0.4) is 0 Å². The van der Waals surface area contributed by atoms with Crippen molar-refractivity contribution in [2.24, 2.45) is 0 Å². The fraction of sp³-hybridized carbons (Fsp3) is 0.0909. The number of fused-ring (bicyclic) bond motifs is 1. The Bertz CT molecular complexity index is 1090. The Kier molecular flexibility index (Phi) is 4.31. The van der Waals surface area contributed by atoms with Gasteiger partial charge < -0.3 is 4.74 Å². The van der Waals surface area contributed by atoms with Gasteiger partial charge in [0.1, 0.15) is 5.75 Å². The third kappa shape index (κ3) is 3.26. The number of hydrogen-bond donors (Lipinski definition) is 0. The van der Waals surface area contributed by atoms with Crippen molar-refractivity contribution in [2.75, 3.05) is 0 Å². The summed E-state index contributed by atoms with van der Waals surface area (Å²) in [5, 5.41) is 1.56. The maximum absolute atomic E-state index is 6.14. The second kappa shape index (κ2) is 6.77. The van der Waals surface area contributed by atoms with E-state index in [9.17, 15) is 0 Å². The molecule has 3 nitrogen and oxygen atoms in total. The number of aryl methyl sites for hydroxylation is 2. The monoisotopic (exact) mass is 360 g/mol. The van der Waals surface area contributed by atoms with Crippen LogP contribution in [0.2, 0.25) is 5.02 Å². The largest absolute Gasteiger partial charge is 0.438 e. The lowest BCUT2D eigenvalue weighted by Gasteiger charge is -2.11. The van der Waals surface area contributed by atoms with Crippen LogP contribution in [0.25, 0.3) is 22.3 Å². The summed E-state index contributed by atoms with van der Waals surface area (Å²) in [6.07, 6.45) is 0. The lowest BCUT2D eigenvalue weighted by atomic mass is 10.1. The summed E-state index contributed by atoms with van der Waals surface area (Å²) in [6, 6.07) is 21.4. The molecule has 0 fully saturated rings. The average Bonchev–Trinajstić information content (AvgIpc) is 2.65. The van der Waals surface area contributed by atoms with Crippen LogP contribution in [0.4, 0.5) is 0 Å². The maximum atomic E-state index is 6.14. The molecule has 128 valence electrons. The SMILES string of the molecule is Cc1ccc(Oc2nc(-c3ccc(Cl)cc3)nc3ccccc23)cc1C. The Morgan fingerprint density at radius 1 is 0.808 bits per heavy atom. The summed E-state index contributed by atoms with van der Waals surface area (Å²) in [5.41, 5.74) is 4.14. The highest BCUT2D eigenvalue weighted by Crippen LogP contribution is 2.31. The highest BCUT2D eigenvalue weighted by molar-refractivity contribution is 6.30. The molecule has 0 aliphatic rings. The van der Waals surface area contributed by atoms with Gasteiger partial charge in [-0.05, 0) is 73.5 Å². The van der Waals surface area contributed by atoms with Gasteiger partial charge in [0.15, 0.2) is 5.82 Å². The number of halogens is 1. The molecule has 3 aromatic carbocycles. The molecule has 0 N–H and O–H groups in total. The minimum Gasteiger partial charge on any atom is -0.438 e. The van der Waals surface area contributed by atoms with Crippen LogP contribution in [0.15, 0.2) is 66.7 Å². The van der Waals surface area contributed by atoms with Crippen molar-refractivity contribution in [3.05, 3.63) is 82.9 Å². The van der Waals surface area contributed by atoms with Crippen molar-refractivity contribution < 1.29 is 4.74 Å². The molecule has 4 rings (SSSR count). The lowest BCUT2D eigenvalue weighted by molar-refractivity contribution is 0.468. The zero-order valence-electron chi connectivity index (χ0n) is 14.5. The van der Waals surface area contributed by atoms with Crippen molar-refractivity contribution in [1.29, 1.82) is 0 Å². The molecule has 26 heavy (non-hydrogen) atoms. The van der Waals surface area contributed by atoms with Gasteiger partial charge in [0.05, 0.1) is 10.9 Å². The second-order valence-corrected chi connectivity index (χ2v) is 6.66. The van der Waals surface area contributed by atoms with Crippen molar-refractivity contribution >= 4 is 22.5 Å². The van der Waals surface area contributed by atoms with Crippen LogP contribution in [-0.2, 0) is 0 Å². The molecule has 4 aromatic rings. The average molecular weight is 361 g/mol. The third-order valence-corrected chi connectivity index (χ3v) is 4.62. The van der Waals surface area contributed by atoms with Crippen LogP contribution in [-0.4, -0.2) is 9.97 Å². The fourth-order valence-corrected chi connectivity index (χ4v) is 2.87. The quantitative estimate of drug-likeness (QED) is 0.426. The first-order valence-corrected chi connectivity index (χ1v) is 8.76. The van der Waals surface area contributed by atoms with E-state index in [0.717, 1.165) is 22.2 Å². The normalized spacial score (nSPS) is 10.9. The topological polar surface area (TPSA) is 35.0 Å². The molecule has 4 heteroatoms. The molecule has 0 atom stereocenters. The van der Waals surface area contributed by atoms with Gasteiger partial charge in [-0.25, -0.2) is 4.98 Å². The molecule has 0 spiro atoms. The van der Waals surface area contributed by atoms with Crippen LogP contribution in [0.5, 0.6) is 11.6 Å². The molecule has 0 aliphatic carbocycles. The van der Waals surface area contributed by atoms with E-state index in [1.54, 1.807) is 0 Å². The Morgan fingerprint density at radius 2 is 1.58 bits per heavy atom. The van der Waals surface area contributed by atoms with Gasteiger partial charge in [-0.2, -0.15) is 4.98 Å². The Hall–Kier alpha value is -2.91. The molecule has 1 heterocycles. The first-order chi connectivity index (χ1) is 12.6. The van der Waals surface area contributed by atoms with Gasteiger partial charge >= 0.3 is 0 Å². The molecular formula is C22H17ClN2O. The smallest absolute Gasteiger partial charge is 0.230 e. The molecule has 0 saturated carbocycles. The number of nitrogens with zero attached hydrogens (tertiary/aromatic N) is 2. The highest BCUT2D eigenvalue weighted by Gasteiger charge is 2.11. The summed E-state index contributed by atoms with van der Waals surface area (Å²) in [4.78, 5) is 9.35. The minimum absolute atomic E-state index is 0.545. The molecule has 0 amide bonds. The minimum atomic E-state index is 0.545. The van der Waals surface area contributed by atoms with Crippen LogP contribution in [0.1, 0.15) is 11.1 Å². The van der Waals surface area contributed by atoms with E-state index in [4.69, 9.17) is 16.3 Å². The van der Waals surface area contributed by atoms with E-state index in [0.29, 0.717) is 16.7 Å². The van der Waals surface area contributed by atoms with Crippen molar-refractivity contribution in [2.45, 2.75) is 13.8 Å². The molecule has 1 aromatic heterocycles. The first-order valence-electron chi connectivity index (χ1n) is 8.38. The Balaban J connectivity index is 1.84. The molecule has 0 radical (unpaired) electrons. The molecule has 0 saturated heterocycles. The number of aromatic nitrogens is 2. The third-order valence-electron chi connectivity index (χ3n) is 4.36. The van der Waals surface area contributed by atoms with Gasteiger partial charge in [-0.1, -0.05) is 29.8 Å². The summed E-state index contributed by atoms with van der Waals surface area (Å²) in [6.45, 7) is 4.15. The van der Waals surface area contributed by atoms with E-state index in [2.05, 4.69) is 23.8 Å². The van der Waals surface area contributed by atoms with Crippen LogP contribution in [0, 0.1) is 13.8 Å². The van der Waals surface area contributed by atoms with Gasteiger partial charge in [-0.15, -0.1) is 0 Å². The summed E-state index contributed by atoms with van der Waals surface area (Å²) in [5.74, 6) is 1.92. The lowest BCUT2D eigenvalue weighted by Crippen LogP contribution is -1.96. The van der Waals surface area contributed by atoms with Crippen molar-refractivity contribution in [3.8, 4) is 23.0 Å². The fourth-order valence-electron chi connectivity index (χ4n) is 2.74. The first kappa shape index (κ1) is 16.6. The van der Waals surface area contributed by atoms with E-state index in [-0.39, 0.29) is 0 Å². The predicted octanol–water partition coefficient (Wildman–Crippen LogP) is 6.36. The Labute approximate surface area is 157 Å². The number of benzene rings is 3. The van der Waals surface area contributed by atoms with Crippen molar-refractivity contribution in [3.63, 3.8) is 0 Å². The summed E-state index contributed by atoms with van der Waals surface area (Å²) >= 11 is 5.99. The van der Waals surface area contributed by atoms with Crippen molar-refractivity contribution in [1.82, 2.24) is 9.97 Å². The van der Waals surface area contributed by atoms with Gasteiger partial charge in [0.2, 0.25) is 5.88 Å². The molecule has 0 aliphatic heterocycles. The zero-order chi connectivity index (χ0) is 18.1. The van der Waals surface area contributed by atoms with E-state index >= 15 is 0 Å². The molecular weight excluding hydrogens is 344 g/mol. The van der Waals surface area contributed by atoms with Gasteiger partial charge in [0.25, 0.3) is 0 Å². The standard InChI is InChI=1S/C22H17ClN2O/c1-14-7-12-18(13-15(14)2)26-22-19-5-3-4-6-20(19)24-21(25-22)16-8-10-17(23)11-9-16/h3-13H,1-2H3. The summed E-state index contributed by atoms with van der Waals surface area (Å²) < 4.78 is 6.14. The number of para-hydroxylation sites is 1. The van der Waals surface area contributed by atoms with E-state index in [1.165, 1.54) is 11.1 Å². The van der Waals surface area contributed by atoms with Gasteiger partial charge in [-0.3, -0.25) is 0 Å². The van der Waals surface area contributed by atoms with Gasteiger partial charge in [0, 0.05) is 10.6 Å². The van der Waals surface area contributed by atoms with E-state index < -0.39 is 0 Å². The number of rotatable bonds is 3. The number of hydrogen-bond acceptors (Lipinski definition) is 3. The summed E-state index contributed by atoms with van der Waals surface area (Å²) in [7, 11) is 0.